The normalized spacial score (nSPS) is 10.5. The third kappa shape index (κ3) is 7.35. The highest BCUT2D eigenvalue weighted by Crippen LogP contribution is 2.26. The summed E-state index contributed by atoms with van der Waals surface area (Å²) in [6.07, 6.45) is 3.22. The fraction of sp³-hybridized carbons (Fsp3) is 0.0556. The fourth-order valence-electron chi connectivity index (χ4n) is 4.68. The van der Waals surface area contributed by atoms with Crippen LogP contribution in [0.25, 0.3) is 11.4 Å². The molecule has 0 aliphatic heterocycles. The van der Waals surface area contributed by atoms with E-state index in [1.54, 1.807) is 54.9 Å². The zero-order chi connectivity index (χ0) is 30.9. The number of benzene rings is 4. The first-order valence-electron chi connectivity index (χ1n) is 13.9. The van der Waals surface area contributed by atoms with E-state index in [4.69, 9.17) is 5.73 Å². The van der Waals surface area contributed by atoms with Crippen LogP contribution in [-0.2, 0) is 13.1 Å². The summed E-state index contributed by atoms with van der Waals surface area (Å²) in [7, 11) is 0. The molecular weight excluding hydrogens is 558 g/mol. The molecule has 0 fully saturated rings. The van der Waals surface area contributed by atoms with Gasteiger partial charge in [0, 0.05) is 49.7 Å². The summed E-state index contributed by atoms with van der Waals surface area (Å²) in [5.74, 6) is -0.881. The first kappa shape index (κ1) is 29.7. The number of anilines is 2. The number of hydrogen-bond donors (Lipinski definition) is 1. The van der Waals surface area contributed by atoms with E-state index in [1.165, 1.54) is 39.5 Å². The van der Waals surface area contributed by atoms with Crippen LogP contribution in [0.4, 0.5) is 20.2 Å². The molecule has 0 saturated carbocycles. The molecule has 0 radical (unpaired) electrons. The van der Waals surface area contributed by atoms with Crippen LogP contribution in [0, 0.1) is 11.6 Å². The van der Waals surface area contributed by atoms with Crippen molar-refractivity contribution in [2.45, 2.75) is 13.1 Å². The third-order valence-electron chi connectivity index (χ3n) is 6.89. The minimum atomic E-state index is -0.525. The Hall–Kier alpha value is -5.76. The van der Waals surface area contributed by atoms with E-state index in [2.05, 4.69) is 0 Å². The molecule has 220 valence electrons. The number of aromatic nitrogens is 2. The van der Waals surface area contributed by atoms with Gasteiger partial charge in [-0.25, -0.2) is 8.78 Å². The fourth-order valence-corrected chi connectivity index (χ4v) is 4.68. The molecule has 6 rings (SSSR count). The van der Waals surface area contributed by atoms with Crippen LogP contribution >= 0.6 is 0 Å². The summed E-state index contributed by atoms with van der Waals surface area (Å²) in [6.45, 7) is 1.16. The standard InChI is InChI=1S/C25H21FN2O.C11H9FN2O/c26-23-17-22(28-16-8-7-13-25(28)29)14-15-24(23)27(18-20-9-3-1-4-10-20)19-21-11-5-2-6-12-21;12-9-7-8(4-5-10(9)13)14-6-2-1-3-11(14)15/h1-17H,18-19H2;1-7H,13H2. The summed E-state index contributed by atoms with van der Waals surface area (Å²) in [6, 6.07) is 38.9. The van der Waals surface area contributed by atoms with Crippen molar-refractivity contribution in [2.24, 2.45) is 0 Å². The lowest BCUT2D eigenvalue weighted by Crippen LogP contribution is -2.23. The van der Waals surface area contributed by atoms with Gasteiger partial charge in [0.1, 0.15) is 11.6 Å². The molecular formula is C36H30F2N4O2. The largest absolute Gasteiger partial charge is 0.396 e. The molecule has 0 aliphatic carbocycles. The number of hydrogen-bond acceptors (Lipinski definition) is 4. The van der Waals surface area contributed by atoms with Gasteiger partial charge < -0.3 is 10.6 Å². The summed E-state index contributed by atoms with van der Waals surface area (Å²) < 4.78 is 31.1. The maximum atomic E-state index is 15.2. The van der Waals surface area contributed by atoms with Crippen LogP contribution < -0.4 is 21.8 Å². The minimum Gasteiger partial charge on any atom is -0.396 e. The van der Waals surface area contributed by atoms with E-state index in [0.717, 1.165) is 11.1 Å². The Balaban J connectivity index is 0.000000215. The number of nitrogen functional groups attached to an aromatic ring is 1. The summed E-state index contributed by atoms with van der Waals surface area (Å²) >= 11 is 0. The van der Waals surface area contributed by atoms with Gasteiger partial charge in [0.2, 0.25) is 0 Å². The molecule has 0 atom stereocenters. The second-order valence-electron chi connectivity index (χ2n) is 9.99. The number of nitrogens with two attached hydrogens (primary N) is 1. The van der Waals surface area contributed by atoms with Gasteiger partial charge in [-0.1, -0.05) is 72.8 Å². The molecule has 44 heavy (non-hydrogen) atoms. The van der Waals surface area contributed by atoms with Crippen molar-refractivity contribution in [3.05, 3.63) is 189 Å². The molecule has 6 aromatic rings. The number of nitrogens with zero attached hydrogens (tertiary/aromatic N) is 3. The lowest BCUT2D eigenvalue weighted by Gasteiger charge is -2.26. The smallest absolute Gasteiger partial charge is 0.255 e. The van der Waals surface area contributed by atoms with Crippen molar-refractivity contribution < 1.29 is 8.78 Å². The van der Waals surface area contributed by atoms with Crippen LogP contribution in [0.5, 0.6) is 0 Å². The average Bonchev–Trinajstić information content (AvgIpc) is 3.04. The average molecular weight is 589 g/mol. The molecule has 2 N–H and O–H groups in total. The monoisotopic (exact) mass is 588 g/mol. The lowest BCUT2D eigenvalue weighted by atomic mass is 10.1. The maximum Gasteiger partial charge on any atom is 0.255 e. The zero-order valence-corrected chi connectivity index (χ0v) is 23.8. The summed E-state index contributed by atoms with van der Waals surface area (Å²) in [4.78, 5) is 25.5. The molecule has 0 saturated heterocycles. The number of rotatable bonds is 7. The molecule has 8 heteroatoms. The van der Waals surface area contributed by atoms with E-state index in [-0.39, 0.29) is 22.6 Å². The Labute approximate surface area is 253 Å². The Kier molecular flexibility index (Phi) is 9.41. The van der Waals surface area contributed by atoms with E-state index in [1.807, 2.05) is 65.6 Å². The van der Waals surface area contributed by atoms with Crippen LogP contribution in [-0.4, -0.2) is 9.13 Å². The van der Waals surface area contributed by atoms with Crippen molar-refractivity contribution in [3.63, 3.8) is 0 Å². The van der Waals surface area contributed by atoms with Gasteiger partial charge in [-0.3, -0.25) is 18.7 Å². The van der Waals surface area contributed by atoms with Gasteiger partial charge in [-0.05, 0) is 47.5 Å². The van der Waals surface area contributed by atoms with Crippen molar-refractivity contribution in [2.75, 3.05) is 10.6 Å². The maximum absolute atomic E-state index is 15.2. The Morgan fingerprint density at radius 2 is 1.00 bits per heavy atom. The van der Waals surface area contributed by atoms with Crippen molar-refractivity contribution in [3.8, 4) is 11.4 Å². The topological polar surface area (TPSA) is 73.3 Å². The van der Waals surface area contributed by atoms with E-state index >= 15 is 4.39 Å². The second kappa shape index (κ2) is 13.9. The number of halogens is 2. The molecule has 4 aromatic carbocycles. The minimum absolute atomic E-state index is 0.0720. The van der Waals surface area contributed by atoms with Crippen LogP contribution in [0.15, 0.2) is 155 Å². The van der Waals surface area contributed by atoms with E-state index in [0.29, 0.717) is 30.2 Å². The van der Waals surface area contributed by atoms with Gasteiger partial charge in [0.15, 0.2) is 0 Å². The van der Waals surface area contributed by atoms with Crippen molar-refractivity contribution in [1.82, 2.24) is 9.13 Å². The molecule has 0 aliphatic rings. The molecule has 2 heterocycles. The van der Waals surface area contributed by atoms with Gasteiger partial charge in [-0.15, -0.1) is 0 Å². The SMILES string of the molecule is Nc1ccc(-n2ccccc2=O)cc1F.O=c1ccccn1-c1ccc(N(Cc2ccccc2)Cc2ccccc2)c(F)c1. The Morgan fingerprint density at radius 1 is 0.545 bits per heavy atom. The third-order valence-corrected chi connectivity index (χ3v) is 6.89. The highest BCUT2D eigenvalue weighted by molar-refractivity contribution is 5.53. The van der Waals surface area contributed by atoms with Gasteiger partial charge in [0.25, 0.3) is 11.1 Å². The Bertz CT molecular complexity index is 1920. The Morgan fingerprint density at radius 3 is 1.45 bits per heavy atom. The predicted molar refractivity (Wildman–Crippen MR) is 171 cm³/mol. The van der Waals surface area contributed by atoms with Crippen molar-refractivity contribution in [1.29, 1.82) is 0 Å². The van der Waals surface area contributed by atoms with Crippen molar-refractivity contribution >= 4 is 11.4 Å². The van der Waals surface area contributed by atoms with Crippen LogP contribution in [0.3, 0.4) is 0 Å². The van der Waals surface area contributed by atoms with E-state index in [9.17, 15) is 14.0 Å². The highest BCUT2D eigenvalue weighted by atomic mass is 19.1. The molecule has 0 spiro atoms. The second-order valence-corrected chi connectivity index (χ2v) is 9.99. The summed E-state index contributed by atoms with van der Waals surface area (Å²) in [5.41, 5.74) is 8.70. The molecule has 0 bridgehead atoms. The summed E-state index contributed by atoms with van der Waals surface area (Å²) in [5, 5.41) is 0. The first-order valence-corrected chi connectivity index (χ1v) is 13.9. The number of pyridine rings is 2. The molecule has 0 unspecified atom stereocenters. The predicted octanol–water partition coefficient (Wildman–Crippen LogP) is 6.74. The molecule has 6 nitrogen and oxygen atoms in total. The van der Waals surface area contributed by atoms with Crippen LogP contribution in [0.2, 0.25) is 0 Å². The highest BCUT2D eigenvalue weighted by Gasteiger charge is 2.14. The first-order chi connectivity index (χ1) is 21.4. The molecule has 2 aromatic heterocycles. The molecule has 0 amide bonds. The lowest BCUT2D eigenvalue weighted by molar-refractivity contribution is 0.614. The van der Waals surface area contributed by atoms with Crippen LogP contribution in [0.1, 0.15) is 11.1 Å². The van der Waals surface area contributed by atoms with Gasteiger partial charge in [0.05, 0.1) is 22.7 Å². The van der Waals surface area contributed by atoms with Gasteiger partial charge in [-0.2, -0.15) is 0 Å². The zero-order valence-electron chi connectivity index (χ0n) is 23.8. The quantitative estimate of drug-likeness (QED) is 0.210. The van der Waals surface area contributed by atoms with Gasteiger partial charge >= 0.3 is 0 Å². The van der Waals surface area contributed by atoms with E-state index < -0.39 is 5.82 Å².